The van der Waals surface area contributed by atoms with Gasteiger partial charge in [-0.05, 0) is 19.8 Å². The van der Waals surface area contributed by atoms with E-state index in [1.807, 2.05) is 0 Å². The summed E-state index contributed by atoms with van der Waals surface area (Å²) in [5.74, 6) is 1.87. The third-order valence-electron chi connectivity index (χ3n) is 3.81. The zero-order valence-electron chi connectivity index (χ0n) is 11.9. The van der Waals surface area contributed by atoms with Crippen molar-refractivity contribution in [2.45, 2.75) is 25.7 Å². The monoisotopic (exact) mass is 272 g/mol. The molecule has 3 rings (SSSR count). The van der Waals surface area contributed by atoms with Gasteiger partial charge in [-0.2, -0.15) is 5.26 Å². The zero-order chi connectivity index (χ0) is 14.1. The standard InChI is InChI=1S/C15H20N4O/c1-11(2)10-18-5-7-19(8-6-18)15-13(9-16)17-14(20-15)12-3-4-12/h12H,1,3-8,10H2,2H3. The summed E-state index contributed by atoms with van der Waals surface area (Å²) in [7, 11) is 0. The first-order valence-electron chi connectivity index (χ1n) is 7.20. The van der Waals surface area contributed by atoms with Crippen molar-refractivity contribution >= 4 is 5.88 Å². The number of piperazine rings is 1. The highest BCUT2D eigenvalue weighted by Gasteiger charge is 2.32. The number of hydrogen-bond donors (Lipinski definition) is 0. The van der Waals surface area contributed by atoms with E-state index >= 15 is 0 Å². The molecule has 0 bridgehead atoms. The van der Waals surface area contributed by atoms with E-state index in [0.29, 0.717) is 17.5 Å². The molecule has 0 N–H and O–H groups in total. The zero-order valence-corrected chi connectivity index (χ0v) is 11.9. The van der Waals surface area contributed by atoms with Crippen molar-refractivity contribution in [1.82, 2.24) is 9.88 Å². The lowest BCUT2D eigenvalue weighted by Gasteiger charge is -2.34. The van der Waals surface area contributed by atoms with Gasteiger partial charge >= 0.3 is 0 Å². The fourth-order valence-corrected chi connectivity index (χ4v) is 2.61. The summed E-state index contributed by atoms with van der Waals surface area (Å²) in [4.78, 5) is 8.86. The minimum absolute atomic E-state index is 0.445. The van der Waals surface area contributed by atoms with Crippen molar-refractivity contribution in [2.24, 2.45) is 0 Å². The summed E-state index contributed by atoms with van der Waals surface area (Å²) < 4.78 is 5.84. The van der Waals surface area contributed by atoms with Crippen molar-refractivity contribution in [1.29, 1.82) is 5.26 Å². The van der Waals surface area contributed by atoms with E-state index in [0.717, 1.165) is 51.5 Å². The number of nitrogens with zero attached hydrogens (tertiary/aromatic N) is 4. The Morgan fingerprint density at radius 1 is 1.40 bits per heavy atom. The summed E-state index contributed by atoms with van der Waals surface area (Å²) in [5.41, 5.74) is 1.63. The van der Waals surface area contributed by atoms with E-state index in [-0.39, 0.29) is 0 Å². The number of hydrogen-bond acceptors (Lipinski definition) is 5. The maximum absolute atomic E-state index is 9.21. The van der Waals surface area contributed by atoms with Gasteiger partial charge in [0.05, 0.1) is 0 Å². The van der Waals surface area contributed by atoms with Gasteiger partial charge in [-0.1, -0.05) is 12.2 Å². The van der Waals surface area contributed by atoms with Gasteiger partial charge in [0.25, 0.3) is 0 Å². The van der Waals surface area contributed by atoms with Crippen LogP contribution in [0.25, 0.3) is 0 Å². The maximum atomic E-state index is 9.21. The summed E-state index contributed by atoms with van der Waals surface area (Å²) in [5, 5.41) is 9.21. The van der Waals surface area contributed by atoms with Gasteiger partial charge in [0.1, 0.15) is 6.07 Å². The summed E-state index contributed by atoms with van der Waals surface area (Å²) in [6.07, 6.45) is 2.27. The Kier molecular flexibility index (Phi) is 3.49. The van der Waals surface area contributed by atoms with E-state index in [1.165, 1.54) is 5.57 Å². The van der Waals surface area contributed by atoms with Crippen LogP contribution in [0.3, 0.4) is 0 Å². The molecule has 5 heteroatoms. The molecular formula is C15H20N4O. The van der Waals surface area contributed by atoms with Crippen LogP contribution in [0.15, 0.2) is 16.6 Å². The Hall–Kier alpha value is -1.80. The third kappa shape index (κ3) is 2.70. The molecule has 0 amide bonds. The fraction of sp³-hybridized carbons (Fsp3) is 0.600. The highest BCUT2D eigenvalue weighted by atomic mass is 16.4. The highest BCUT2D eigenvalue weighted by Crippen LogP contribution is 2.41. The second kappa shape index (κ2) is 5.29. The van der Waals surface area contributed by atoms with Crippen molar-refractivity contribution in [3.8, 4) is 6.07 Å². The number of rotatable bonds is 4. The quantitative estimate of drug-likeness (QED) is 0.786. The van der Waals surface area contributed by atoms with E-state index in [4.69, 9.17) is 4.42 Å². The first-order valence-corrected chi connectivity index (χ1v) is 7.20. The summed E-state index contributed by atoms with van der Waals surface area (Å²) >= 11 is 0. The van der Waals surface area contributed by atoms with Gasteiger partial charge in [-0.25, -0.2) is 4.98 Å². The van der Waals surface area contributed by atoms with Crippen molar-refractivity contribution in [3.05, 3.63) is 23.7 Å². The Labute approximate surface area is 119 Å². The Balaban J connectivity index is 1.68. The molecule has 2 aliphatic rings. The van der Waals surface area contributed by atoms with E-state index < -0.39 is 0 Å². The molecule has 5 nitrogen and oxygen atoms in total. The van der Waals surface area contributed by atoms with Crippen molar-refractivity contribution < 1.29 is 4.42 Å². The molecule has 1 aliphatic carbocycles. The van der Waals surface area contributed by atoms with Crippen LogP contribution >= 0.6 is 0 Å². The topological polar surface area (TPSA) is 56.3 Å². The fourth-order valence-electron chi connectivity index (χ4n) is 2.61. The maximum Gasteiger partial charge on any atom is 0.234 e. The molecule has 0 spiro atoms. The van der Waals surface area contributed by atoms with Crippen LogP contribution in [-0.4, -0.2) is 42.6 Å². The largest absolute Gasteiger partial charge is 0.423 e. The van der Waals surface area contributed by atoms with Gasteiger partial charge in [-0.3, -0.25) is 4.90 Å². The highest BCUT2D eigenvalue weighted by molar-refractivity contribution is 5.48. The SMILES string of the molecule is C=C(C)CN1CCN(c2oc(C3CC3)nc2C#N)CC1. The van der Waals surface area contributed by atoms with Crippen LogP contribution < -0.4 is 4.90 Å². The Morgan fingerprint density at radius 2 is 2.10 bits per heavy atom. The van der Waals surface area contributed by atoms with Gasteiger partial charge in [0.15, 0.2) is 0 Å². The Bertz CT molecular complexity index is 545. The normalized spacial score (nSPS) is 19.9. The molecule has 2 fully saturated rings. The minimum Gasteiger partial charge on any atom is -0.423 e. The van der Waals surface area contributed by atoms with Gasteiger partial charge in [0.2, 0.25) is 17.5 Å². The lowest BCUT2D eigenvalue weighted by Crippen LogP contribution is -2.46. The van der Waals surface area contributed by atoms with Gasteiger partial charge in [0, 0.05) is 38.6 Å². The van der Waals surface area contributed by atoms with Gasteiger partial charge in [-0.15, -0.1) is 0 Å². The number of oxazole rings is 1. The smallest absolute Gasteiger partial charge is 0.234 e. The first-order chi connectivity index (χ1) is 9.67. The molecule has 1 aromatic heterocycles. The molecule has 1 aromatic rings. The van der Waals surface area contributed by atoms with Crippen LogP contribution in [0.4, 0.5) is 5.88 Å². The predicted molar refractivity (Wildman–Crippen MR) is 76.7 cm³/mol. The lowest BCUT2D eigenvalue weighted by molar-refractivity contribution is 0.273. The second-order valence-electron chi connectivity index (χ2n) is 5.81. The molecule has 0 unspecified atom stereocenters. The molecule has 1 aliphatic heterocycles. The molecule has 0 atom stereocenters. The Morgan fingerprint density at radius 3 is 2.65 bits per heavy atom. The summed E-state index contributed by atoms with van der Waals surface area (Å²) in [6.45, 7) is 10.6. The van der Waals surface area contributed by atoms with E-state index in [9.17, 15) is 5.26 Å². The molecule has 106 valence electrons. The van der Waals surface area contributed by atoms with Crippen molar-refractivity contribution in [2.75, 3.05) is 37.6 Å². The molecular weight excluding hydrogens is 252 g/mol. The van der Waals surface area contributed by atoms with Crippen molar-refractivity contribution in [3.63, 3.8) is 0 Å². The van der Waals surface area contributed by atoms with Crippen LogP contribution in [0.2, 0.25) is 0 Å². The average molecular weight is 272 g/mol. The lowest BCUT2D eigenvalue weighted by atomic mass is 10.2. The molecule has 20 heavy (non-hydrogen) atoms. The predicted octanol–water partition coefficient (Wildman–Crippen LogP) is 2.12. The molecule has 1 saturated carbocycles. The van der Waals surface area contributed by atoms with Crippen LogP contribution in [0.1, 0.15) is 37.3 Å². The van der Waals surface area contributed by atoms with E-state index in [2.05, 4.69) is 34.4 Å². The number of aromatic nitrogens is 1. The van der Waals surface area contributed by atoms with Crippen LogP contribution in [0.5, 0.6) is 0 Å². The third-order valence-corrected chi connectivity index (χ3v) is 3.81. The number of anilines is 1. The minimum atomic E-state index is 0.445. The first kappa shape index (κ1) is 13.2. The average Bonchev–Trinajstić information content (AvgIpc) is 3.19. The van der Waals surface area contributed by atoms with Crippen LogP contribution in [-0.2, 0) is 0 Å². The second-order valence-corrected chi connectivity index (χ2v) is 5.81. The van der Waals surface area contributed by atoms with Crippen LogP contribution in [0, 0.1) is 11.3 Å². The number of nitriles is 1. The molecule has 0 radical (unpaired) electrons. The molecule has 0 aromatic carbocycles. The summed E-state index contributed by atoms with van der Waals surface area (Å²) in [6, 6.07) is 2.17. The molecule has 1 saturated heterocycles. The molecule has 2 heterocycles. The van der Waals surface area contributed by atoms with E-state index in [1.54, 1.807) is 0 Å². The van der Waals surface area contributed by atoms with Gasteiger partial charge < -0.3 is 9.32 Å².